The van der Waals surface area contributed by atoms with Crippen LogP contribution in [0.5, 0.6) is 0 Å². The first kappa shape index (κ1) is 22.4. The summed E-state index contributed by atoms with van der Waals surface area (Å²) in [5.74, 6) is 0.621. The fraction of sp³-hybridized carbons (Fsp3) is 0.160. The number of aryl methyl sites for hydroxylation is 1. The van der Waals surface area contributed by atoms with Crippen LogP contribution in [0.3, 0.4) is 0 Å². The summed E-state index contributed by atoms with van der Waals surface area (Å²) in [6, 6.07) is 21.6. The van der Waals surface area contributed by atoms with E-state index in [9.17, 15) is 4.79 Å². The Morgan fingerprint density at radius 1 is 0.938 bits per heavy atom. The molecular weight excluding hydrogens is 532 g/mol. The van der Waals surface area contributed by atoms with E-state index in [1.54, 1.807) is 4.68 Å². The van der Waals surface area contributed by atoms with Crippen molar-refractivity contribution in [3.8, 4) is 17.1 Å². The van der Waals surface area contributed by atoms with E-state index in [4.69, 9.17) is 0 Å². The number of carbonyl (C=O) groups is 1. The number of anilines is 1. The molecule has 0 atom stereocenters. The summed E-state index contributed by atoms with van der Waals surface area (Å²) >= 11 is 6.97. The van der Waals surface area contributed by atoms with Crippen molar-refractivity contribution in [3.05, 3.63) is 92.6 Å². The van der Waals surface area contributed by atoms with Crippen molar-refractivity contribution in [2.45, 2.75) is 26.7 Å². The molecule has 0 bridgehead atoms. The van der Waals surface area contributed by atoms with E-state index in [1.165, 1.54) is 0 Å². The number of hydrogen-bond donors (Lipinski definition) is 1. The minimum absolute atomic E-state index is 0.112. The molecule has 0 aliphatic rings. The Morgan fingerprint density at radius 3 is 2.25 bits per heavy atom. The van der Waals surface area contributed by atoms with Crippen LogP contribution in [0.15, 0.2) is 75.7 Å². The Balaban J connectivity index is 1.75. The molecule has 1 N–H and O–H groups in total. The standard InChI is InChI=1S/C25H22Br2N4O/c1-15(2)21-14-19(27)10-13-22(21)28-25(32)23-29-24(17-6-4-16(3)5-7-17)31(30-23)20-11-8-18(26)9-12-20/h4-15H,1-3H3,(H,28,32). The van der Waals surface area contributed by atoms with Gasteiger partial charge in [0.05, 0.1) is 5.69 Å². The zero-order chi connectivity index (χ0) is 22.8. The number of nitrogens with zero attached hydrogens (tertiary/aromatic N) is 3. The third kappa shape index (κ3) is 4.84. The second kappa shape index (κ2) is 9.38. The average Bonchev–Trinajstić information content (AvgIpc) is 3.21. The van der Waals surface area contributed by atoms with Gasteiger partial charge >= 0.3 is 0 Å². The lowest BCUT2D eigenvalue weighted by Crippen LogP contribution is -2.16. The first-order valence-corrected chi connectivity index (χ1v) is 11.8. The SMILES string of the molecule is Cc1ccc(-c2nc(C(=O)Nc3ccc(Br)cc3C(C)C)nn2-c2ccc(Br)cc2)cc1. The molecule has 1 aromatic heterocycles. The van der Waals surface area contributed by atoms with E-state index in [1.807, 2.05) is 73.7 Å². The molecule has 5 nitrogen and oxygen atoms in total. The first-order valence-electron chi connectivity index (χ1n) is 10.2. The van der Waals surface area contributed by atoms with Crippen molar-refractivity contribution in [1.29, 1.82) is 0 Å². The van der Waals surface area contributed by atoms with Crippen molar-refractivity contribution in [2.24, 2.45) is 0 Å². The van der Waals surface area contributed by atoms with Crippen molar-refractivity contribution >= 4 is 43.5 Å². The third-order valence-corrected chi connectivity index (χ3v) is 6.10. The zero-order valence-electron chi connectivity index (χ0n) is 17.9. The Bertz CT molecular complexity index is 1200. The summed E-state index contributed by atoms with van der Waals surface area (Å²) in [5.41, 5.74) is 4.65. The van der Waals surface area contributed by atoms with E-state index >= 15 is 0 Å². The largest absolute Gasteiger partial charge is 0.319 e. The van der Waals surface area contributed by atoms with Gasteiger partial charge in [-0.2, -0.15) is 0 Å². The molecule has 162 valence electrons. The Labute approximate surface area is 204 Å². The van der Waals surface area contributed by atoms with E-state index in [0.29, 0.717) is 5.82 Å². The second-order valence-corrected chi connectivity index (χ2v) is 9.69. The highest BCUT2D eigenvalue weighted by molar-refractivity contribution is 9.10. The molecule has 0 aliphatic carbocycles. The van der Waals surface area contributed by atoms with Crippen LogP contribution in [-0.4, -0.2) is 20.7 Å². The summed E-state index contributed by atoms with van der Waals surface area (Å²) in [6.45, 7) is 6.22. The summed E-state index contributed by atoms with van der Waals surface area (Å²) < 4.78 is 3.64. The lowest BCUT2D eigenvalue weighted by molar-refractivity contribution is 0.101. The van der Waals surface area contributed by atoms with Crippen LogP contribution in [0.25, 0.3) is 17.1 Å². The number of nitrogens with one attached hydrogen (secondary N) is 1. The lowest BCUT2D eigenvalue weighted by Gasteiger charge is -2.13. The zero-order valence-corrected chi connectivity index (χ0v) is 21.1. The maximum atomic E-state index is 13.1. The number of hydrogen-bond acceptors (Lipinski definition) is 3. The smallest absolute Gasteiger partial charge is 0.295 e. The highest BCUT2D eigenvalue weighted by atomic mass is 79.9. The lowest BCUT2D eigenvalue weighted by atomic mass is 10.0. The summed E-state index contributed by atoms with van der Waals surface area (Å²) in [4.78, 5) is 17.8. The van der Waals surface area contributed by atoms with Gasteiger partial charge in [0.15, 0.2) is 5.82 Å². The van der Waals surface area contributed by atoms with E-state index in [-0.39, 0.29) is 17.6 Å². The Morgan fingerprint density at radius 2 is 1.59 bits per heavy atom. The first-order chi connectivity index (χ1) is 15.3. The minimum Gasteiger partial charge on any atom is -0.319 e. The predicted molar refractivity (Wildman–Crippen MR) is 135 cm³/mol. The molecule has 0 fully saturated rings. The number of halogens is 2. The second-order valence-electron chi connectivity index (χ2n) is 7.85. The fourth-order valence-corrected chi connectivity index (χ4v) is 4.01. The molecule has 1 amide bonds. The van der Waals surface area contributed by atoms with Crippen LogP contribution in [0, 0.1) is 6.92 Å². The Hall–Kier alpha value is -2.77. The van der Waals surface area contributed by atoms with Crippen LogP contribution in [0.2, 0.25) is 0 Å². The number of rotatable bonds is 5. The molecule has 0 spiro atoms. The highest BCUT2D eigenvalue weighted by Gasteiger charge is 2.20. The van der Waals surface area contributed by atoms with Gasteiger partial charge in [-0.3, -0.25) is 4.79 Å². The molecule has 7 heteroatoms. The summed E-state index contributed by atoms with van der Waals surface area (Å²) in [6.07, 6.45) is 0. The number of benzene rings is 3. The predicted octanol–water partition coefficient (Wildman–Crippen LogP) is 7.14. The molecule has 0 unspecified atom stereocenters. The average molecular weight is 554 g/mol. The molecular formula is C25H22Br2N4O. The van der Waals surface area contributed by atoms with E-state index in [2.05, 4.69) is 61.1 Å². The van der Waals surface area contributed by atoms with Crippen molar-refractivity contribution in [2.75, 3.05) is 5.32 Å². The van der Waals surface area contributed by atoms with Gasteiger partial charge in [-0.15, -0.1) is 5.10 Å². The molecule has 1 heterocycles. The van der Waals surface area contributed by atoms with Gasteiger partial charge in [-0.25, -0.2) is 9.67 Å². The van der Waals surface area contributed by atoms with Gasteiger partial charge in [0.1, 0.15) is 0 Å². The number of carbonyl (C=O) groups excluding carboxylic acids is 1. The third-order valence-electron chi connectivity index (χ3n) is 5.08. The van der Waals surface area contributed by atoms with E-state index < -0.39 is 0 Å². The molecule has 4 rings (SSSR count). The maximum absolute atomic E-state index is 13.1. The van der Waals surface area contributed by atoms with Crippen LogP contribution in [0.4, 0.5) is 5.69 Å². The molecule has 4 aromatic rings. The summed E-state index contributed by atoms with van der Waals surface area (Å²) in [5, 5.41) is 7.56. The fourth-order valence-electron chi connectivity index (χ4n) is 3.36. The van der Waals surface area contributed by atoms with Gasteiger partial charge in [-0.1, -0.05) is 75.5 Å². The van der Waals surface area contributed by atoms with E-state index in [0.717, 1.165) is 37.0 Å². The van der Waals surface area contributed by atoms with Crippen LogP contribution in [0.1, 0.15) is 41.5 Å². The van der Waals surface area contributed by atoms with Crippen molar-refractivity contribution < 1.29 is 4.79 Å². The van der Waals surface area contributed by atoms with Crippen molar-refractivity contribution in [1.82, 2.24) is 14.8 Å². The normalized spacial score (nSPS) is 11.1. The molecule has 0 aliphatic heterocycles. The van der Waals surface area contributed by atoms with Crippen LogP contribution < -0.4 is 5.32 Å². The van der Waals surface area contributed by atoms with Gasteiger partial charge in [0.2, 0.25) is 5.82 Å². The van der Waals surface area contributed by atoms with Gasteiger partial charge in [0, 0.05) is 20.2 Å². The number of amides is 1. The van der Waals surface area contributed by atoms with Gasteiger partial charge in [0.25, 0.3) is 5.91 Å². The maximum Gasteiger partial charge on any atom is 0.295 e. The molecule has 32 heavy (non-hydrogen) atoms. The Kier molecular flexibility index (Phi) is 6.58. The minimum atomic E-state index is -0.349. The molecule has 0 radical (unpaired) electrons. The molecule has 0 saturated carbocycles. The molecule has 3 aromatic carbocycles. The topological polar surface area (TPSA) is 59.8 Å². The monoisotopic (exact) mass is 552 g/mol. The van der Waals surface area contributed by atoms with Crippen LogP contribution >= 0.6 is 31.9 Å². The quantitative estimate of drug-likeness (QED) is 0.285. The summed E-state index contributed by atoms with van der Waals surface area (Å²) in [7, 11) is 0. The van der Waals surface area contributed by atoms with Crippen molar-refractivity contribution in [3.63, 3.8) is 0 Å². The van der Waals surface area contributed by atoms with Gasteiger partial charge in [-0.05, 0) is 60.9 Å². The highest BCUT2D eigenvalue weighted by Crippen LogP contribution is 2.28. The van der Waals surface area contributed by atoms with Gasteiger partial charge < -0.3 is 5.32 Å². The molecule has 0 saturated heterocycles. The number of aromatic nitrogens is 3. The van der Waals surface area contributed by atoms with Crippen LogP contribution in [-0.2, 0) is 0 Å².